The van der Waals surface area contributed by atoms with E-state index in [0.29, 0.717) is 12.1 Å². The fourth-order valence-corrected chi connectivity index (χ4v) is 4.74. The number of aromatic amines is 1. The summed E-state index contributed by atoms with van der Waals surface area (Å²) in [5, 5.41) is 13.7. The topological polar surface area (TPSA) is 88.9 Å². The number of nitrogens with one attached hydrogen (secondary N) is 1. The van der Waals surface area contributed by atoms with Gasteiger partial charge in [0.2, 0.25) is 0 Å². The maximum Gasteiger partial charge on any atom is 0.253 e. The van der Waals surface area contributed by atoms with Crippen molar-refractivity contribution in [3.63, 3.8) is 0 Å². The highest BCUT2D eigenvalue weighted by atomic mass is 16.5. The van der Waals surface area contributed by atoms with Crippen molar-refractivity contribution in [2.45, 2.75) is 57.7 Å². The van der Waals surface area contributed by atoms with Gasteiger partial charge in [0.15, 0.2) is 5.82 Å². The molecule has 0 saturated carbocycles. The second-order valence-corrected chi connectivity index (χ2v) is 8.50. The van der Waals surface area contributed by atoms with Gasteiger partial charge in [0.05, 0.1) is 12.6 Å². The maximum absolute atomic E-state index is 13.2. The molecule has 8 nitrogen and oxygen atoms in total. The van der Waals surface area contributed by atoms with Crippen molar-refractivity contribution in [2.75, 3.05) is 19.7 Å². The van der Waals surface area contributed by atoms with Crippen LogP contribution in [0.2, 0.25) is 0 Å². The van der Waals surface area contributed by atoms with Crippen LogP contribution in [0.15, 0.2) is 29.1 Å². The first kappa shape index (κ1) is 19.4. The molecule has 158 valence electrons. The Bertz CT molecular complexity index is 1080. The van der Waals surface area contributed by atoms with Crippen LogP contribution in [0.3, 0.4) is 0 Å². The van der Waals surface area contributed by atoms with Crippen LogP contribution in [0.5, 0.6) is 0 Å². The molecular formula is C22H28N6O2. The second kappa shape index (κ2) is 8.28. The van der Waals surface area contributed by atoms with E-state index in [1.807, 2.05) is 22.9 Å². The predicted octanol–water partition coefficient (Wildman–Crippen LogP) is 2.58. The van der Waals surface area contributed by atoms with E-state index in [1.165, 1.54) is 12.0 Å². The van der Waals surface area contributed by atoms with Crippen molar-refractivity contribution in [3.8, 4) is 0 Å². The number of tetrazole rings is 1. The summed E-state index contributed by atoms with van der Waals surface area (Å²) in [5.41, 5.74) is 2.65. The Balaban J connectivity index is 1.60. The van der Waals surface area contributed by atoms with Gasteiger partial charge >= 0.3 is 0 Å². The minimum atomic E-state index is -0.268. The summed E-state index contributed by atoms with van der Waals surface area (Å²) in [6, 6.07) is 7.84. The standard InChI is InChI=1S/C22H28N6O2/c1-15-7-8-19-16(12-15)13-18(22(29)23-19)20(27-9-3-2-4-10-27)21-24-25-26-28(21)14-17-6-5-11-30-17/h7-8,12-13,17,20H,2-6,9-11,14H2,1H3,(H,23,29)/t17-,20+/m0/s1. The van der Waals surface area contributed by atoms with E-state index in [9.17, 15) is 4.79 Å². The van der Waals surface area contributed by atoms with E-state index in [4.69, 9.17) is 4.74 Å². The summed E-state index contributed by atoms with van der Waals surface area (Å²) in [7, 11) is 0. The number of nitrogens with zero attached hydrogens (tertiary/aromatic N) is 5. The normalized spacial score (nSPS) is 21.3. The average Bonchev–Trinajstić information content (AvgIpc) is 3.43. The smallest absolute Gasteiger partial charge is 0.253 e. The van der Waals surface area contributed by atoms with Gasteiger partial charge in [-0.25, -0.2) is 4.68 Å². The Morgan fingerprint density at radius 3 is 2.87 bits per heavy atom. The van der Waals surface area contributed by atoms with Crippen molar-refractivity contribution < 1.29 is 4.74 Å². The summed E-state index contributed by atoms with van der Waals surface area (Å²) in [4.78, 5) is 18.6. The highest BCUT2D eigenvalue weighted by Crippen LogP contribution is 2.30. The number of benzene rings is 1. The van der Waals surface area contributed by atoms with Crippen LogP contribution in [0.25, 0.3) is 10.9 Å². The van der Waals surface area contributed by atoms with Gasteiger partial charge in [0.1, 0.15) is 6.04 Å². The van der Waals surface area contributed by atoms with E-state index in [-0.39, 0.29) is 17.7 Å². The Kier molecular flexibility index (Phi) is 5.35. The van der Waals surface area contributed by atoms with Gasteiger partial charge in [-0.2, -0.15) is 0 Å². The Morgan fingerprint density at radius 2 is 2.07 bits per heavy atom. The second-order valence-electron chi connectivity index (χ2n) is 8.50. The van der Waals surface area contributed by atoms with E-state index in [2.05, 4.69) is 38.4 Å². The number of hydrogen-bond acceptors (Lipinski definition) is 6. The molecule has 5 rings (SSSR count). The van der Waals surface area contributed by atoms with Gasteiger partial charge in [-0.15, -0.1) is 5.10 Å². The van der Waals surface area contributed by atoms with Crippen molar-refractivity contribution in [1.82, 2.24) is 30.1 Å². The van der Waals surface area contributed by atoms with Crippen LogP contribution in [-0.2, 0) is 11.3 Å². The molecule has 0 aliphatic carbocycles. The third kappa shape index (κ3) is 3.77. The van der Waals surface area contributed by atoms with Gasteiger partial charge in [0.25, 0.3) is 5.56 Å². The fraction of sp³-hybridized carbons (Fsp3) is 0.545. The van der Waals surface area contributed by atoms with Gasteiger partial charge in [-0.3, -0.25) is 9.69 Å². The van der Waals surface area contributed by atoms with Gasteiger partial charge in [-0.1, -0.05) is 18.1 Å². The quantitative estimate of drug-likeness (QED) is 0.698. The summed E-state index contributed by atoms with van der Waals surface area (Å²) in [6.07, 6.45) is 5.68. The van der Waals surface area contributed by atoms with Crippen molar-refractivity contribution >= 4 is 10.9 Å². The summed E-state index contributed by atoms with van der Waals surface area (Å²) in [6.45, 7) is 5.35. The number of fused-ring (bicyclic) bond motifs is 1. The molecule has 2 saturated heterocycles. The molecule has 2 atom stereocenters. The molecule has 0 amide bonds. The Labute approximate surface area is 175 Å². The summed E-state index contributed by atoms with van der Waals surface area (Å²) < 4.78 is 7.65. The highest BCUT2D eigenvalue weighted by Gasteiger charge is 2.32. The first-order valence-electron chi connectivity index (χ1n) is 10.9. The van der Waals surface area contributed by atoms with Crippen LogP contribution < -0.4 is 5.56 Å². The molecule has 8 heteroatoms. The number of aromatic nitrogens is 5. The van der Waals surface area contributed by atoms with Crippen LogP contribution in [0.4, 0.5) is 0 Å². The van der Waals surface area contributed by atoms with E-state index in [1.54, 1.807) is 0 Å². The number of rotatable bonds is 5. The number of hydrogen-bond donors (Lipinski definition) is 1. The zero-order chi connectivity index (χ0) is 20.5. The largest absolute Gasteiger partial charge is 0.376 e. The van der Waals surface area contributed by atoms with Crippen molar-refractivity contribution in [3.05, 3.63) is 51.6 Å². The van der Waals surface area contributed by atoms with Gasteiger partial charge in [-0.05, 0) is 79.7 Å². The molecule has 3 aromatic rings. The molecule has 1 aromatic carbocycles. The molecule has 2 fully saturated rings. The summed E-state index contributed by atoms with van der Waals surface area (Å²) >= 11 is 0. The van der Waals surface area contributed by atoms with Crippen molar-refractivity contribution in [2.24, 2.45) is 0 Å². The maximum atomic E-state index is 13.2. The zero-order valence-electron chi connectivity index (χ0n) is 17.4. The average molecular weight is 409 g/mol. The number of pyridine rings is 1. The molecule has 0 radical (unpaired) electrons. The van der Waals surface area contributed by atoms with Crippen LogP contribution in [0, 0.1) is 6.92 Å². The molecule has 2 aromatic heterocycles. The molecule has 0 unspecified atom stereocenters. The predicted molar refractivity (Wildman–Crippen MR) is 113 cm³/mol. The highest BCUT2D eigenvalue weighted by molar-refractivity contribution is 5.79. The summed E-state index contributed by atoms with van der Waals surface area (Å²) in [5.74, 6) is 0.727. The number of ether oxygens (including phenoxy) is 1. The molecule has 2 aliphatic heterocycles. The lowest BCUT2D eigenvalue weighted by atomic mass is 10.00. The van der Waals surface area contributed by atoms with Crippen LogP contribution in [-0.4, -0.2) is 55.9 Å². The van der Waals surface area contributed by atoms with E-state index >= 15 is 0 Å². The first-order chi connectivity index (χ1) is 14.7. The van der Waals surface area contributed by atoms with Crippen LogP contribution in [0.1, 0.15) is 55.1 Å². The molecule has 4 heterocycles. The monoisotopic (exact) mass is 408 g/mol. The number of likely N-dealkylation sites (tertiary alicyclic amines) is 1. The SMILES string of the molecule is Cc1ccc2[nH]c(=O)c([C@H](c3nnnn3C[C@@H]3CCCO3)N3CCCCC3)cc2c1. The zero-order valence-corrected chi connectivity index (χ0v) is 17.4. The van der Waals surface area contributed by atoms with Crippen LogP contribution >= 0.6 is 0 Å². The van der Waals surface area contributed by atoms with Crippen molar-refractivity contribution in [1.29, 1.82) is 0 Å². The first-order valence-corrected chi connectivity index (χ1v) is 10.9. The minimum Gasteiger partial charge on any atom is -0.376 e. The molecule has 1 N–H and O–H groups in total. The van der Waals surface area contributed by atoms with E-state index < -0.39 is 0 Å². The van der Waals surface area contributed by atoms with Gasteiger partial charge in [0, 0.05) is 17.7 Å². The lowest BCUT2D eigenvalue weighted by molar-refractivity contribution is 0.0902. The fourth-order valence-electron chi connectivity index (χ4n) is 4.74. The Morgan fingerprint density at radius 1 is 1.20 bits per heavy atom. The molecular weight excluding hydrogens is 380 g/mol. The third-order valence-electron chi connectivity index (χ3n) is 6.28. The third-order valence-corrected chi connectivity index (χ3v) is 6.28. The number of piperidine rings is 1. The van der Waals surface area contributed by atoms with Gasteiger partial charge < -0.3 is 9.72 Å². The number of H-pyrrole nitrogens is 1. The number of aryl methyl sites for hydroxylation is 1. The molecule has 2 aliphatic rings. The Hall–Kier alpha value is -2.58. The molecule has 30 heavy (non-hydrogen) atoms. The minimum absolute atomic E-state index is 0.0754. The molecule has 0 spiro atoms. The van der Waals surface area contributed by atoms with E-state index in [0.717, 1.165) is 62.1 Å². The lowest BCUT2D eigenvalue weighted by Crippen LogP contribution is -2.39. The molecule has 0 bridgehead atoms. The lowest BCUT2D eigenvalue weighted by Gasteiger charge is -2.33.